The predicted molar refractivity (Wildman–Crippen MR) is 95.9 cm³/mol. The Morgan fingerprint density at radius 3 is 2.08 bits per heavy atom. The molecule has 0 spiro atoms. The first-order valence-electron chi connectivity index (χ1n) is 8.03. The molecule has 26 heavy (non-hydrogen) atoms. The van der Waals surface area contributed by atoms with Crippen molar-refractivity contribution in [1.29, 1.82) is 0 Å². The Hall–Kier alpha value is -3.34. The number of hydrogen-bond donors (Lipinski definition) is 0. The second-order valence-electron chi connectivity index (χ2n) is 5.66. The molecule has 2 aromatic rings. The molecule has 0 radical (unpaired) electrons. The highest BCUT2D eigenvalue weighted by atomic mass is 16.5. The monoisotopic (exact) mass is 350 g/mol. The Balaban J connectivity index is 1.90. The number of carbonyl (C=O) groups excluding carboxylic acids is 2. The second-order valence-corrected chi connectivity index (χ2v) is 5.66. The van der Waals surface area contributed by atoms with Crippen LogP contribution in [0.5, 0.6) is 0 Å². The van der Waals surface area contributed by atoms with E-state index in [1.54, 1.807) is 0 Å². The molecule has 0 amide bonds. The maximum Gasteiger partial charge on any atom is 0.341 e. The van der Waals surface area contributed by atoms with Crippen LogP contribution < -0.4 is 0 Å². The molecule has 5 nitrogen and oxygen atoms in total. The molecule has 1 aliphatic rings. The Labute approximate surface area is 151 Å². The van der Waals surface area contributed by atoms with E-state index in [1.165, 1.54) is 26.6 Å². The van der Waals surface area contributed by atoms with Gasteiger partial charge in [0.25, 0.3) is 0 Å². The van der Waals surface area contributed by atoms with Crippen molar-refractivity contribution in [3.05, 3.63) is 83.6 Å². The molecule has 3 rings (SSSR count). The summed E-state index contributed by atoms with van der Waals surface area (Å²) < 4.78 is 15.2. The number of rotatable bonds is 4. The lowest BCUT2D eigenvalue weighted by molar-refractivity contribution is -0.137. The molecule has 132 valence electrons. The minimum atomic E-state index is -0.652. The number of ether oxygens (including phenoxy) is 3. The van der Waals surface area contributed by atoms with Crippen molar-refractivity contribution in [1.82, 2.24) is 0 Å². The summed E-state index contributed by atoms with van der Waals surface area (Å²) in [5.74, 6) is -1.14. The zero-order chi connectivity index (χ0) is 18.5. The molecule has 1 unspecified atom stereocenters. The van der Waals surface area contributed by atoms with Crippen LogP contribution in [-0.2, 0) is 23.8 Å². The van der Waals surface area contributed by atoms with Crippen molar-refractivity contribution in [3.8, 4) is 11.1 Å². The quantitative estimate of drug-likeness (QED) is 0.789. The van der Waals surface area contributed by atoms with Crippen molar-refractivity contribution < 1.29 is 23.8 Å². The van der Waals surface area contributed by atoms with Gasteiger partial charge in [-0.15, -0.1) is 0 Å². The molecule has 0 aliphatic carbocycles. The Morgan fingerprint density at radius 1 is 0.846 bits per heavy atom. The second kappa shape index (κ2) is 7.70. The van der Waals surface area contributed by atoms with E-state index in [0.717, 1.165) is 16.7 Å². The molecule has 1 atom stereocenters. The van der Waals surface area contributed by atoms with Gasteiger partial charge in [0.05, 0.1) is 31.6 Å². The summed E-state index contributed by atoms with van der Waals surface area (Å²) in [6.45, 7) is 0. The van der Waals surface area contributed by atoms with E-state index in [-0.39, 0.29) is 11.1 Å². The fraction of sp³-hybridized carbons (Fsp3) is 0.143. The number of benzene rings is 2. The zero-order valence-electron chi connectivity index (χ0n) is 14.5. The first kappa shape index (κ1) is 17.5. The van der Waals surface area contributed by atoms with E-state index in [4.69, 9.17) is 9.47 Å². The predicted octanol–water partition coefficient (Wildman–Crippen LogP) is 3.58. The molecule has 5 heteroatoms. The van der Waals surface area contributed by atoms with Gasteiger partial charge in [-0.25, -0.2) is 9.59 Å². The van der Waals surface area contributed by atoms with Crippen molar-refractivity contribution >= 4 is 11.9 Å². The van der Waals surface area contributed by atoms with Gasteiger partial charge in [0, 0.05) is 0 Å². The first-order valence-corrected chi connectivity index (χ1v) is 8.03. The maximum absolute atomic E-state index is 12.1. The topological polar surface area (TPSA) is 61.8 Å². The SMILES string of the molecule is COC(=O)C1=COC(c2ccc(-c3ccccc3)cc2)C(C(=O)OC)=C1. The van der Waals surface area contributed by atoms with E-state index in [1.807, 2.05) is 54.6 Å². The van der Waals surface area contributed by atoms with Crippen LogP contribution in [0.1, 0.15) is 11.7 Å². The summed E-state index contributed by atoms with van der Waals surface area (Å²) in [6.07, 6.45) is 2.09. The summed E-state index contributed by atoms with van der Waals surface area (Å²) in [6, 6.07) is 17.7. The Morgan fingerprint density at radius 2 is 1.46 bits per heavy atom. The fourth-order valence-electron chi connectivity index (χ4n) is 2.74. The average Bonchev–Trinajstić information content (AvgIpc) is 2.73. The highest BCUT2D eigenvalue weighted by Gasteiger charge is 2.29. The number of esters is 2. The van der Waals surface area contributed by atoms with Crippen molar-refractivity contribution in [2.45, 2.75) is 6.10 Å². The van der Waals surface area contributed by atoms with Crippen LogP contribution in [0.3, 0.4) is 0 Å². The zero-order valence-corrected chi connectivity index (χ0v) is 14.5. The minimum absolute atomic E-state index is 0.157. The van der Waals surface area contributed by atoms with Crippen LogP contribution in [0.2, 0.25) is 0 Å². The fourth-order valence-corrected chi connectivity index (χ4v) is 2.74. The minimum Gasteiger partial charge on any atom is -0.487 e. The van der Waals surface area contributed by atoms with Gasteiger partial charge >= 0.3 is 11.9 Å². The van der Waals surface area contributed by atoms with Crippen molar-refractivity contribution in [3.63, 3.8) is 0 Å². The van der Waals surface area contributed by atoms with Crippen LogP contribution >= 0.6 is 0 Å². The van der Waals surface area contributed by atoms with E-state index in [9.17, 15) is 9.59 Å². The van der Waals surface area contributed by atoms with Crippen LogP contribution in [0.15, 0.2) is 78.1 Å². The van der Waals surface area contributed by atoms with Gasteiger partial charge in [-0.2, -0.15) is 0 Å². The van der Waals surface area contributed by atoms with Crippen LogP contribution in [0.25, 0.3) is 11.1 Å². The molecule has 2 aromatic carbocycles. The molecule has 0 aromatic heterocycles. The van der Waals surface area contributed by atoms with Gasteiger partial charge in [-0.1, -0.05) is 54.6 Å². The van der Waals surface area contributed by atoms with Gasteiger partial charge < -0.3 is 14.2 Å². The highest BCUT2D eigenvalue weighted by Crippen LogP contribution is 2.33. The van der Waals surface area contributed by atoms with E-state index < -0.39 is 18.0 Å². The molecule has 1 heterocycles. The normalized spacial score (nSPS) is 16.0. The van der Waals surface area contributed by atoms with Crippen LogP contribution in [-0.4, -0.2) is 26.2 Å². The molecule has 1 aliphatic heterocycles. The molecule has 0 saturated heterocycles. The Bertz CT molecular complexity index is 863. The summed E-state index contributed by atoms with van der Waals surface area (Å²) >= 11 is 0. The molecule has 0 saturated carbocycles. The van der Waals surface area contributed by atoms with Gasteiger partial charge in [0.2, 0.25) is 0 Å². The number of hydrogen-bond acceptors (Lipinski definition) is 5. The molecular weight excluding hydrogens is 332 g/mol. The van der Waals surface area contributed by atoms with E-state index in [2.05, 4.69) is 4.74 Å². The summed E-state index contributed by atoms with van der Waals surface area (Å²) in [7, 11) is 2.55. The first-order chi connectivity index (χ1) is 12.6. The summed E-state index contributed by atoms with van der Waals surface area (Å²) in [5, 5.41) is 0. The van der Waals surface area contributed by atoms with Crippen molar-refractivity contribution in [2.24, 2.45) is 0 Å². The van der Waals surface area contributed by atoms with E-state index >= 15 is 0 Å². The number of carbonyl (C=O) groups is 2. The largest absolute Gasteiger partial charge is 0.487 e. The van der Waals surface area contributed by atoms with E-state index in [0.29, 0.717) is 0 Å². The smallest absolute Gasteiger partial charge is 0.341 e. The van der Waals surface area contributed by atoms with Crippen LogP contribution in [0.4, 0.5) is 0 Å². The number of methoxy groups -OCH3 is 2. The molecular formula is C21H18O5. The summed E-state index contributed by atoms with van der Waals surface area (Å²) in [4.78, 5) is 23.8. The lowest BCUT2D eigenvalue weighted by Gasteiger charge is -2.23. The average molecular weight is 350 g/mol. The highest BCUT2D eigenvalue weighted by molar-refractivity contribution is 5.97. The Kier molecular flexibility index (Phi) is 5.17. The van der Waals surface area contributed by atoms with Gasteiger partial charge in [0.15, 0.2) is 6.10 Å². The van der Waals surface area contributed by atoms with Gasteiger partial charge in [0.1, 0.15) is 0 Å². The molecule has 0 N–H and O–H groups in total. The summed E-state index contributed by atoms with van der Waals surface area (Å²) in [5.41, 5.74) is 3.33. The molecule has 0 fully saturated rings. The molecule has 0 bridgehead atoms. The van der Waals surface area contributed by atoms with Crippen molar-refractivity contribution in [2.75, 3.05) is 14.2 Å². The maximum atomic E-state index is 12.1. The third-order valence-corrected chi connectivity index (χ3v) is 4.09. The lowest BCUT2D eigenvalue weighted by Crippen LogP contribution is -2.20. The third-order valence-electron chi connectivity index (χ3n) is 4.09. The standard InChI is InChI=1S/C21H18O5/c1-24-20(22)17-12-18(21(23)25-2)19(26-13-17)16-10-8-15(9-11-16)14-6-4-3-5-7-14/h3-13,19H,1-2H3. The third kappa shape index (κ3) is 3.52. The lowest BCUT2D eigenvalue weighted by atomic mass is 9.95. The van der Waals surface area contributed by atoms with Gasteiger partial charge in [-0.05, 0) is 22.8 Å². The van der Waals surface area contributed by atoms with Gasteiger partial charge in [-0.3, -0.25) is 0 Å². The van der Waals surface area contributed by atoms with Crippen LogP contribution in [0, 0.1) is 0 Å².